The molecule has 182 valence electrons. The number of rotatable bonds is 9. The largest absolute Gasteiger partial charge is 0.391 e. The molecule has 0 atom stereocenters. The van der Waals surface area contributed by atoms with Crippen LogP contribution < -0.4 is 5.32 Å². The monoisotopic (exact) mass is 489 g/mol. The van der Waals surface area contributed by atoms with Crippen LogP contribution in [0.4, 0.5) is 8.78 Å². The number of aldehydes is 1. The maximum absolute atomic E-state index is 14.1. The third kappa shape index (κ3) is 6.42. The molecule has 0 spiro atoms. The van der Waals surface area contributed by atoms with Gasteiger partial charge in [-0.2, -0.15) is 0 Å². The molecule has 0 bridgehead atoms. The first-order valence-corrected chi connectivity index (χ1v) is 11.8. The van der Waals surface area contributed by atoms with Crippen molar-refractivity contribution in [2.45, 2.75) is 32.2 Å². The molecule has 1 saturated heterocycles. The Morgan fingerprint density at radius 2 is 1.76 bits per heavy atom. The Morgan fingerprint density at radius 1 is 1.15 bits per heavy atom. The highest BCUT2D eigenvalue weighted by Crippen LogP contribution is 2.22. The number of nitrogens with one attached hydrogen (secondary N) is 1. The van der Waals surface area contributed by atoms with Gasteiger partial charge in [-0.3, -0.25) is 14.5 Å². The number of hydrogen-bond donors (Lipinski definition) is 1. The van der Waals surface area contributed by atoms with Crippen molar-refractivity contribution in [3.63, 3.8) is 0 Å². The van der Waals surface area contributed by atoms with Crippen molar-refractivity contribution in [2.24, 2.45) is 0 Å². The van der Waals surface area contributed by atoms with Crippen LogP contribution in [0.5, 0.6) is 0 Å². The van der Waals surface area contributed by atoms with Crippen LogP contribution >= 0.6 is 11.6 Å². The molecule has 8 heteroatoms. The molecule has 0 saturated carbocycles. The number of carbonyl (C=O) groups excluding carboxylic acids is 2. The average molecular weight is 490 g/mol. The van der Waals surface area contributed by atoms with Crippen molar-refractivity contribution in [2.75, 3.05) is 33.2 Å². The minimum Gasteiger partial charge on any atom is -0.391 e. The minimum atomic E-state index is -0.847. The summed E-state index contributed by atoms with van der Waals surface area (Å²) in [5.74, 6) is -2.32. The highest BCUT2D eigenvalue weighted by Gasteiger charge is 2.30. The second kappa shape index (κ2) is 12.1. The zero-order valence-electron chi connectivity index (χ0n) is 19.5. The van der Waals surface area contributed by atoms with Gasteiger partial charge in [0, 0.05) is 55.6 Å². The molecular weight excluding hydrogens is 460 g/mol. The molecule has 0 unspecified atom stereocenters. The fraction of sp³-hybridized carbons (Fsp3) is 0.385. The summed E-state index contributed by atoms with van der Waals surface area (Å²) in [4.78, 5) is 28.3. The maximum atomic E-state index is 14.1. The lowest BCUT2D eigenvalue weighted by Crippen LogP contribution is -2.48. The summed E-state index contributed by atoms with van der Waals surface area (Å²) >= 11 is 6.00. The van der Waals surface area contributed by atoms with Crippen LogP contribution in [0, 0.1) is 11.6 Å². The molecule has 1 N–H and O–H groups in total. The highest BCUT2D eigenvalue weighted by molar-refractivity contribution is 6.30. The number of allylic oxidation sites excluding steroid dienone is 1. The van der Waals surface area contributed by atoms with E-state index in [4.69, 9.17) is 11.6 Å². The standard InChI is InChI=1S/C26H30ClF2N3O2/c1-18(30-2)20(17-33)16-32(13-10-19-6-8-21(27)9-7-19)22-11-14-31(15-12-22)26(34)25-23(28)4-3-5-24(25)29/h3-9,17,22,30H,10-16H2,1-2H3/b20-18-. The second-order valence-corrected chi connectivity index (χ2v) is 8.92. The predicted octanol–water partition coefficient (Wildman–Crippen LogP) is 4.46. The third-order valence-corrected chi connectivity index (χ3v) is 6.67. The van der Waals surface area contributed by atoms with E-state index in [0.717, 1.165) is 42.6 Å². The van der Waals surface area contributed by atoms with E-state index in [1.807, 2.05) is 31.2 Å². The topological polar surface area (TPSA) is 52.7 Å². The smallest absolute Gasteiger partial charge is 0.259 e. The molecule has 1 aliphatic rings. The van der Waals surface area contributed by atoms with Crippen LogP contribution in [0.15, 0.2) is 53.7 Å². The van der Waals surface area contributed by atoms with E-state index in [0.29, 0.717) is 43.1 Å². The van der Waals surface area contributed by atoms with E-state index in [1.54, 1.807) is 7.05 Å². The number of nitrogens with zero attached hydrogens (tertiary/aromatic N) is 2. The van der Waals surface area contributed by atoms with E-state index in [2.05, 4.69) is 10.2 Å². The maximum Gasteiger partial charge on any atom is 0.259 e. The number of benzene rings is 2. The molecule has 1 fully saturated rings. The summed E-state index contributed by atoms with van der Waals surface area (Å²) < 4.78 is 28.2. The number of hydrogen-bond acceptors (Lipinski definition) is 4. The van der Waals surface area contributed by atoms with Gasteiger partial charge in [0.05, 0.1) is 0 Å². The Labute approximate surface area is 204 Å². The van der Waals surface area contributed by atoms with Crippen LogP contribution in [-0.4, -0.2) is 61.3 Å². The van der Waals surface area contributed by atoms with Crippen molar-refractivity contribution in [1.29, 1.82) is 0 Å². The molecule has 3 rings (SSSR count). The summed E-state index contributed by atoms with van der Waals surface area (Å²) in [6.45, 7) is 3.84. The molecule has 0 radical (unpaired) electrons. The van der Waals surface area contributed by atoms with Crippen LogP contribution in [0.2, 0.25) is 5.02 Å². The average Bonchev–Trinajstić information content (AvgIpc) is 2.84. The van der Waals surface area contributed by atoms with Crippen molar-refractivity contribution >= 4 is 23.8 Å². The van der Waals surface area contributed by atoms with E-state index in [-0.39, 0.29) is 6.04 Å². The van der Waals surface area contributed by atoms with E-state index < -0.39 is 23.1 Å². The Kier molecular flexibility index (Phi) is 9.19. The number of likely N-dealkylation sites (tertiary alicyclic amines) is 1. The van der Waals surface area contributed by atoms with Crippen molar-refractivity contribution < 1.29 is 18.4 Å². The minimum absolute atomic E-state index is 0.126. The van der Waals surface area contributed by atoms with Gasteiger partial charge in [-0.1, -0.05) is 29.8 Å². The Balaban J connectivity index is 1.71. The molecule has 34 heavy (non-hydrogen) atoms. The quantitative estimate of drug-likeness (QED) is 0.417. The van der Waals surface area contributed by atoms with Gasteiger partial charge in [-0.15, -0.1) is 0 Å². The second-order valence-electron chi connectivity index (χ2n) is 8.49. The Hall–Kier alpha value is -2.77. The van der Waals surface area contributed by atoms with E-state index >= 15 is 0 Å². The van der Waals surface area contributed by atoms with Crippen LogP contribution in [0.25, 0.3) is 0 Å². The lowest BCUT2D eigenvalue weighted by Gasteiger charge is -2.39. The number of amides is 1. The molecule has 2 aromatic carbocycles. The summed E-state index contributed by atoms with van der Waals surface area (Å²) in [5, 5.41) is 3.72. The summed E-state index contributed by atoms with van der Waals surface area (Å²) in [5.41, 5.74) is 2.12. The first-order valence-electron chi connectivity index (χ1n) is 11.4. The predicted molar refractivity (Wildman–Crippen MR) is 130 cm³/mol. The molecule has 1 amide bonds. The first kappa shape index (κ1) is 25.8. The molecule has 5 nitrogen and oxygen atoms in total. The van der Waals surface area contributed by atoms with Crippen LogP contribution in [0.3, 0.4) is 0 Å². The van der Waals surface area contributed by atoms with Gasteiger partial charge in [-0.25, -0.2) is 8.78 Å². The van der Waals surface area contributed by atoms with Crippen LogP contribution in [0.1, 0.15) is 35.7 Å². The zero-order valence-corrected chi connectivity index (χ0v) is 20.2. The highest BCUT2D eigenvalue weighted by atomic mass is 35.5. The zero-order chi connectivity index (χ0) is 24.7. The normalized spacial score (nSPS) is 15.3. The lowest BCUT2D eigenvalue weighted by atomic mass is 10.00. The van der Waals surface area contributed by atoms with E-state index in [1.165, 1.54) is 11.0 Å². The van der Waals surface area contributed by atoms with Gasteiger partial charge in [0.25, 0.3) is 5.91 Å². The molecule has 1 aliphatic heterocycles. The SMILES string of the molecule is CN/C(C)=C(\C=O)CN(CCc1ccc(Cl)cc1)C1CCN(C(=O)c2c(F)cccc2F)CC1. The van der Waals surface area contributed by atoms with Gasteiger partial charge in [-0.05, 0) is 56.0 Å². The van der Waals surface area contributed by atoms with Gasteiger partial charge in [0.15, 0.2) is 0 Å². The van der Waals surface area contributed by atoms with Gasteiger partial charge < -0.3 is 10.2 Å². The van der Waals surface area contributed by atoms with Crippen molar-refractivity contribution in [1.82, 2.24) is 15.1 Å². The summed E-state index contributed by atoms with van der Waals surface area (Å²) in [6, 6.07) is 11.3. The molecule has 1 heterocycles. The Morgan fingerprint density at radius 3 is 2.32 bits per heavy atom. The number of piperidine rings is 1. The third-order valence-electron chi connectivity index (χ3n) is 6.42. The summed E-state index contributed by atoms with van der Waals surface area (Å²) in [6.07, 6.45) is 2.95. The molecule has 0 aliphatic carbocycles. The molecule has 2 aromatic rings. The van der Waals surface area contributed by atoms with Crippen molar-refractivity contribution in [3.05, 3.63) is 81.5 Å². The fourth-order valence-electron chi connectivity index (χ4n) is 4.23. The lowest BCUT2D eigenvalue weighted by molar-refractivity contribution is -0.105. The number of halogens is 3. The first-order chi connectivity index (χ1) is 16.3. The summed E-state index contributed by atoms with van der Waals surface area (Å²) in [7, 11) is 1.78. The van der Waals surface area contributed by atoms with Gasteiger partial charge in [0.2, 0.25) is 0 Å². The van der Waals surface area contributed by atoms with E-state index in [9.17, 15) is 18.4 Å². The van der Waals surface area contributed by atoms with Gasteiger partial charge in [0.1, 0.15) is 23.5 Å². The Bertz CT molecular complexity index is 1010. The van der Waals surface area contributed by atoms with Crippen LogP contribution in [-0.2, 0) is 11.2 Å². The van der Waals surface area contributed by atoms with Gasteiger partial charge >= 0.3 is 0 Å². The number of carbonyl (C=O) groups is 2. The van der Waals surface area contributed by atoms with Crippen molar-refractivity contribution in [3.8, 4) is 0 Å². The molecular formula is C26H30ClF2N3O2. The molecule has 0 aromatic heterocycles. The fourth-order valence-corrected chi connectivity index (χ4v) is 4.36.